The van der Waals surface area contributed by atoms with Crippen molar-refractivity contribution < 1.29 is 14.3 Å². The SMILES string of the molecule is CCOCc1cccc(CNC(=O)C2CCCN(C(=O)C3CC3)C2)c1. The van der Waals surface area contributed by atoms with Gasteiger partial charge in [-0.15, -0.1) is 0 Å². The summed E-state index contributed by atoms with van der Waals surface area (Å²) in [6, 6.07) is 8.11. The lowest BCUT2D eigenvalue weighted by Crippen LogP contribution is -2.45. The summed E-state index contributed by atoms with van der Waals surface area (Å²) in [5.41, 5.74) is 2.19. The van der Waals surface area contributed by atoms with E-state index in [0.29, 0.717) is 26.3 Å². The number of amides is 2. The van der Waals surface area contributed by atoms with Crippen LogP contribution in [0.15, 0.2) is 24.3 Å². The van der Waals surface area contributed by atoms with Crippen LogP contribution in [0.4, 0.5) is 0 Å². The molecule has 1 atom stereocenters. The lowest BCUT2D eigenvalue weighted by Gasteiger charge is -2.32. The molecule has 1 heterocycles. The van der Waals surface area contributed by atoms with Gasteiger partial charge in [0.15, 0.2) is 0 Å². The molecule has 2 amide bonds. The van der Waals surface area contributed by atoms with Crippen LogP contribution < -0.4 is 5.32 Å². The summed E-state index contributed by atoms with van der Waals surface area (Å²) in [5, 5.41) is 3.04. The molecule has 1 saturated heterocycles. The molecule has 5 heteroatoms. The monoisotopic (exact) mass is 344 g/mol. The van der Waals surface area contributed by atoms with Gasteiger partial charge in [-0.2, -0.15) is 0 Å². The number of carbonyl (C=O) groups is 2. The van der Waals surface area contributed by atoms with Gasteiger partial charge in [0.1, 0.15) is 0 Å². The van der Waals surface area contributed by atoms with Gasteiger partial charge in [0, 0.05) is 32.2 Å². The lowest BCUT2D eigenvalue weighted by molar-refractivity contribution is -0.136. The molecule has 0 aromatic heterocycles. The van der Waals surface area contributed by atoms with E-state index in [1.165, 1.54) is 0 Å². The van der Waals surface area contributed by atoms with E-state index in [1.807, 2.05) is 30.0 Å². The Morgan fingerprint density at radius 2 is 2.00 bits per heavy atom. The number of piperidine rings is 1. The Morgan fingerprint density at radius 3 is 2.76 bits per heavy atom. The maximum absolute atomic E-state index is 12.5. The minimum absolute atomic E-state index is 0.0588. The summed E-state index contributed by atoms with van der Waals surface area (Å²) in [6.45, 7) is 5.17. The fourth-order valence-corrected chi connectivity index (χ4v) is 3.36. The second kappa shape index (κ2) is 8.48. The first kappa shape index (κ1) is 17.9. The number of nitrogens with one attached hydrogen (secondary N) is 1. The van der Waals surface area contributed by atoms with E-state index in [2.05, 4.69) is 11.4 Å². The Balaban J connectivity index is 1.49. The second-order valence-electron chi connectivity index (χ2n) is 7.07. The van der Waals surface area contributed by atoms with Crippen molar-refractivity contribution in [3.63, 3.8) is 0 Å². The van der Waals surface area contributed by atoms with Crippen LogP contribution in [0.25, 0.3) is 0 Å². The van der Waals surface area contributed by atoms with Crippen molar-refractivity contribution in [2.75, 3.05) is 19.7 Å². The van der Waals surface area contributed by atoms with Crippen LogP contribution in [-0.4, -0.2) is 36.4 Å². The van der Waals surface area contributed by atoms with Crippen molar-refractivity contribution in [3.8, 4) is 0 Å². The van der Waals surface area contributed by atoms with Gasteiger partial charge in [0.2, 0.25) is 11.8 Å². The highest BCUT2D eigenvalue weighted by atomic mass is 16.5. The summed E-state index contributed by atoms with van der Waals surface area (Å²) in [6.07, 6.45) is 3.82. The predicted octanol–water partition coefficient (Wildman–Crippen LogP) is 2.49. The number of rotatable bonds is 7. The molecule has 2 fully saturated rings. The van der Waals surface area contributed by atoms with Crippen molar-refractivity contribution in [1.29, 1.82) is 0 Å². The normalized spacial score (nSPS) is 20.4. The van der Waals surface area contributed by atoms with Gasteiger partial charge in [0.25, 0.3) is 0 Å². The highest BCUT2D eigenvalue weighted by molar-refractivity contribution is 5.83. The van der Waals surface area contributed by atoms with Crippen molar-refractivity contribution in [1.82, 2.24) is 10.2 Å². The summed E-state index contributed by atoms with van der Waals surface area (Å²) in [5.74, 6) is 0.461. The van der Waals surface area contributed by atoms with Gasteiger partial charge in [-0.1, -0.05) is 24.3 Å². The second-order valence-corrected chi connectivity index (χ2v) is 7.07. The Bertz CT molecular complexity index is 613. The molecule has 25 heavy (non-hydrogen) atoms. The first-order valence-electron chi connectivity index (χ1n) is 9.39. The summed E-state index contributed by atoms with van der Waals surface area (Å²) in [4.78, 5) is 26.6. The van der Waals surface area contributed by atoms with E-state index in [0.717, 1.165) is 43.4 Å². The van der Waals surface area contributed by atoms with Crippen LogP contribution in [0.5, 0.6) is 0 Å². The minimum atomic E-state index is -0.0805. The zero-order chi connectivity index (χ0) is 17.6. The molecule has 2 aliphatic rings. The third-order valence-corrected chi connectivity index (χ3v) is 4.96. The molecular weight excluding hydrogens is 316 g/mol. The number of hydrogen-bond donors (Lipinski definition) is 1. The summed E-state index contributed by atoms with van der Waals surface area (Å²) in [7, 11) is 0. The third kappa shape index (κ3) is 5.05. The first-order valence-corrected chi connectivity index (χ1v) is 9.39. The fraction of sp³-hybridized carbons (Fsp3) is 0.600. The Hall–Kier alpha value is -1.88. The molecule has 5 nitrogen and oxygen atoms in total. The Labute approximate surface area is 149 Å². The van der Waals surface area contributed by atoms with Gasteiger partial charge in [-0.05, 0) is 43.7 Å². The van der Waals surface area contributed by atoms with E-state index in [4.69, 9.17) is 4.74 Å². The number of benzene rings is 1. The zero-order valence-corrected chi connectivity index (χ0v) is 15.0. The molecule has 1 saturated carbocycles. The molecule has 0 spiro atoms. The minimum Gasteiger partial charge on any atom is -0.377 e. The van der Waals surface area contributed by atoms with Crippen LogP contribution >= 0.6 is 0 Å². The molecule has 3 rings (SSSR count). The largest absolute Gasteiger partial charge is 0.377 e. The van der Waals surface area contributed by atoms with Gasteiger partial charge in [0.05, 0.1) is 12.5 Å². The molecule has 1 unspecified atom stereocenters. The van der Waals surface area contributed by atoms with Gasteiger partial charge >= 0.3 is 0 Å². The van der Waals surface area contributed by atoms with Crippen LogP contribution in [0.2, 0.25) is 0 Å². The summed E-state index contributed by atoms with van der Waals surface area (Å²) < 4.78 is 5.43. The number of ether oxygens (including phenoxy) is 1. The van der Waals surface area contributed by atoms with Gasteiger partial charge < -0.3 is 15.0 Å². The standard InChI is InChI=1S/C20H28N2O3/c1-2-25-14-16-6-3-5-15(11-16)12-21-19(23)18-7-4-10-22(13-18)20(24)17-8-9-17/h3,5-6,11,17-18H,2,4,7-10,12-14H2,1H3,(H,21,23). The molecule has 1 N–H and O–H groups in total. The van der Waals surface area contributed by atoms with Crippen molar-refractivity contribution in [3.05, 3.63) is 35.4 Å². The van der Waals surface area contributed by atoms with Crippen LogP contribution in [0.1, 0.15) is 43.7 Å². The van der Waals surface area contributed by atoms with E-state index in [1.54, 1.807) is 0 Å². The summed E-state index contributed by atoms with van der Waals surface area (Å²) >= 11 is 0. The quantitative estimate of drug-likeness (QED) is 0.827. The number of nitrogens with zero attached hydrogens (tertiary/aromatic N) is 1. The molecule has 136 valence electrons. The molecule has 1 aliphatic carbocycles. The van der Waals surface area contributed by atoms with Crippen molar-refractivity contribution in [2.24, 2.45) is 11.8 Å². The van der Waals surface area contributed by atoms with Crippen LogP contribution in [0.3, 0.4) is 0 Å². The first-order chi connectivity index (χ1) is 12.2. The maximum Gasteiger partial charge on any atom is 0.225 e. The van der Waals surface area contributed by atoms with Gasteiger partial charge in [-0.25, -0.2) is 0 Å². The fourth-order valence-electron chi connectivity index (χ4n) is 3.36. The van der Waals surface area contributed by atoms with Gasteiger partial charge in [-0.3, -0.25) is 9.59 Å². The number of hydrogen-bond acceptors (Lipinski definition) is 3. The smallest absolute Gasteiger partial charge is 0.225 e. The molecule has 0 radical (unpaired) electrons. The van der Waals surface area contributed by atoms with E-state index in [-0.39, 0.29) is 23.7 Å². The third-order valence-electron chi connectivity index (χ3n) is 4.96. The van der Waals surface area contributed by atoms with E-state index < -0.39 is 0 Å². The lowest BCUT2D eigenvalue weighted by atomic mass is 9.96. The van der Waals surface area contributed by atoms with Crippen molar-refractivity contribution >= 4 is 11.8 Å². The predicted molar refractivity (Wildman–Crippen MR) is 95.6 cm³/mol. The Kier molecular flexibility index (Phi) is 6.08. The molecule has 1 aromatic carbocycles. The number of carbonyl (C=O) groups excluding carboxylic acids is 2. The van der Waals surface area contributed by atoms with E-state index >= 15 is 0 Å². The average molecular weight is 344 g/mol. The molecule has 1 aromatic rings. The Morgan fingerprint density at radius 1 is 1.20 bits per heavy atom. The molecule has 0 bridgehead atoms. The van der Waals surface area contributed by atoms with Crippen LogP contribution in [0, 0.1) is 11.8 Å². The number of likely N-dealkylation sites (tertiary alicyclic amines) is 1. The zero-order valence-electron chi connectivity index (χ0n) is 15.0. The topological polar surface area (TPSA) is 58.6 Å². The van der Waals surface area contributed by atoms with Crippen molar-refractivity contribution in [2.45, 2.75) is 45.8 Å². The molecule has 1 aliphatic heterocycles. The van der Waals surface area contributed by atoms with E-state index in [9.17, 15) is 9.59 Å². The maximum atomic E-state index is 12.5. The highest BCUT2D eigenvalue weighted by Gasteiger charge is 2.36. The van der Waals surface area contributed by atoms with Crippen LogP contribution in [-0.2, 0) is 27.5 Å². The average Bonchev–Trinajstić information content (AvgIpc) is 3.49. The molecular formula is C20H28N2O3. The highest BCUT2D eigenvalue weighted by Crippen LogP contribution is 2.32.